The third-order valence-electron chi connectivity index (χ3n) is 3.28. The smallest absolute Gasteiger partial charge is 0.232 e. The molecular weight excluding hydrogens is 314 g/mol. The molecule has 3 rings (SSSR count). The Balaban J connectivity index is 1.74. The van der Waals surface area contributed by atoms with Gasteiger partial charge in [0.2, 0.25) is 5.89 Å². The van der Waals surface area contributed by atoms with Gasteiger partial charge in [0.05, 0.1) is 11.8 Å². The molecule has 4 nitrogen and oxygen atoms in total. The van der Waals surface area contributed by atoms with Crippen LogP contribution in [0.25, 0.3) is 11.3 Å². The quantitative estimate of drug-likeness (QED) is 0.633. The fourth-order valence-electron chi connectivity index (χ4n) is 2.18. The zero-order valence-corrected chi connectivity index (χ0v) is 13.2. The lowest BCUT2D eigenvalue weighted by Gasteiger charge is -2.07. The molecule has 116 valence electrons. The second-order valence-electron chi connectivity index (χ2n) is 4.97. The van der Waals surface area contributed by atoms with Gasteiger partial charge >= 0.3 is 0 Å². The fraction of sp³-hybridized carbons (Fsp3) is 0.111. The molecule has 0 fully saturated rings. The molecule has 0 spiro atoms. The van der Waals surface area contributed by atoms with Gasteiger partial charge < -0.3 is 9.15 Å². The number of carbonyl (C=O) groups is 1. The second kappa shape index (κ2) is 6.67. The van der Waals surface area contributed by atoms with Gasteiger partial charge in [0.1, 0.15) is 5.75 Å². The summed E-state index contributed by atoms with van der Waals surface area (Å²) in [7, 11) is 0. The van der Waals surface area contributed by atoms with E-state index < -0.39 is 0 Å². The van der Waals surface area contributed by atoms with E-state index in [9.17, 15) is 4.79 Å². The minimum absolute atomic E-state index is 0.0485. The molecule has 1 aromatic heterocycles. The number of hydrogen-bond acceptors (Lipinski definition) is 4. The molecule has 0 N–H and O–H groups in total. The number of benzene rings is 2. The van der Waals surface area contributed by atoms with Crippen molar-refractivity contribution in [3.8, 4) is 17.1 Å². The lowest BCUT2D eigenvalue weighted by atomic mass is 10.1. The first kappa shape index (κ1) is 15.3. The molecule has 1 heterocycles. The summed E-state index contributed by atoms with van der Waals surface area (Å²) in [6, 6.07) is 14.4. The van der Waals surface area contributed by atoms with Crippen LogP contribution in [0.5, 0.6) is 5.75 Å². The van der Waals surface area contributed by atoms with Crippen LogP contribution in [0.4, 0.5) is 0 Å². The largest absolute Gasteiger partial charge is 0.483 e. The van der Waals surface area contributed by atoms with Crippen LogP contribution in [0, 0.1) is 0 Å². The lowest BCUT2D eigenvalue weighted by molar-refractivity contribution is 0.101. The van der Waals surface area contributed by atoms with Gasteiger partial charge in [0.15, 0.2) is 18.2 Å². The van der Waals surface area contributed by atoms with Crippen LogP contribution in [-0.2, 0) is 6.61 Å². The monoisotopic (exact) mass is 327 g/mol. The number of ketones is 1. The molecule has 0 unspecified atom stereocenters. The maximum absolute atomic E-state index is 11.6. The maximum atomic E-state index is 11.6. The lowest BCUT2D eigenvalue weighted by Crippen LogP contribution is -2.01. The number of nitrogens with zero attached hydrogens (tertiary/aromatic N) is 1. The summed E-state index contributed by atoms with van der Waals surface area (Å²) in [5.74, 6) is 1.51. The average Bonchev–Trinajstić information content (AvgIpc) is 3.02. The Morgan fingerprint density at radius 3 is 2.83 bits per heavy atom. The van der Waals surface area contributed by atoms with Gasteiger partial charge in [-0.1, -0.05) is 35.9 Å². The van der Waals surface area contributed by atoms with Gasteiger partial charge in [0, 0.05) is 10.6 Å². The summed E-state index contributed by atoms with van der Waals surface area (Å²) >= 11 is 5.97. The van der Waals surface area contributed by atoms with Crippen molar-refractivity contribution in [2.75, 3.05) is 0 Å². The van der Waals surface area contributed by atoms with Crippen molar-refractivity contribution < 1.29 is 13.9 Å². The van der Waals surface area contributed by atoms with E-state index in [4.69, 9.17) is 20.8 Å². The Hall–Kier alpha value is -2.59. The molecule has 0 atom stereocenters. The van der Waals surface area contributed by atoms with Gasteiger partial charge in [-0.2, -0.15) is 0 Å². The highest BCUT2D eigenvalue weighted by Gasteiger charge is 2.11. The fourth-order valence-corrected chi connectivity index (χ4v) is 2.37. The van der Waals surface area contributed by atoms with E-state index in [1.54, 1.807) is 36.5 Å². The number of ether oxygens (including phenoxy) is 1. The van der Waals surface area contributed by atoms with Crippen molar-refractivity contribution >= 4 is 17.4 Å². The number of para-hydroxylation sites is 1. The van der Waals surface area contributed by atoms with Crippen molar-refractivity contribution in [2.45, 2.75) is 13.5 Å². The van der Waals surface area contributed by atoms with Crippen molar-refractivity contribution in [2.24, 2.45) is 0 Å². The van der Waals surface area contributed by atoms with Crippen LogP contribution in [0.1, 0.15) is 23.2 Å². The van der Waals surface area contributed by atoms with Crippen molar-refractivity contribution in [1.82, 2.24) is 4.98 Å². The number of oxazole rings is 1. The van der Waals surface area contributed by atoms with Gasteiger partial charge in [-0.3, -0.25) is 4.79 Å². The predicted octanol–water partition coefficient (Wildman–Crippen LogP) is 4.78. The van der Waals surface area contributed by atoms with Gasteiger partial charge in [0.25, 0.3) is 0 Å². The van der Waals surface area contributed by atoms with Crippen molar-refractivity contribution in [3.05, 3.63) is 71.2 Å². The van der Waals surface area contributed by atoms with Gasteiger partial charge in [-0.05, 0) is 31.2 Å². The molecule has 23 heavy (non-hydrogen) atoms. The Morgan fingerprint density at radius 2 is 2.04 bits per heavy atom. The van der Waals surface area contributed by atoms with E-state index in [-0.39, 0.29) is 12.4 Å². The zero-order chi connectivity index (χ0) is 16.2. The third kappa shape index (κ3) is 3.60. The van der Waals surface area contributed by atoms with Crippen LogP contribution in [0.15, 0.2) is 59.1 Å². The molecule has 3 aromatic rings. The Bertz CT molecular complexity index is 842. The molecule has 0 radical (unpaired) electrons. The van der Waals surface area contributed by atoms with Crippen molar-refractivity contribution in [3.63, 3.8) is 0 Å². The topological polar surface area (TPSA) is 52.3 Å². The average molecular weight is 328 g/mol. The molecule has 0 aliphatic carbocycles. The van der Waals surface area contributed by atoms with Crippen LogP contribution in [0.3, 0.4) is 0 Å². The Kier molecular flexibility index (Phi) is 4.44. The summed E-state index contributed by atoms with van der Waals surface area (Å²) in [5.41, 5.74) is 1.38. The summed E-state index contributed by atoms with van der Waals surface area (Å²) in [6.45, 7) is 1.65. The number of aromatic nitrogens is 1. The zero-order valence-electron chi connectivity index (χ0n) is 12.5. The number of carbonyl (C=O) groups excluding carboxylic acids is 1. The van der Waals surface area contributed by atoms with Crippen LogP contribution in [-0.4, -0.2) is 10.8 Å². The SMILES string of the molecule is CC(=O)c1ccccc1OCc1ncc(-c2cccc(Cl)c2)o1. The minimum atomic E-state index is -0.0485. The highest BCUT2D eigenvalue weighted by molar-refractivity contribution is 6.30. The van der Waals surface area contributed by atoms with E-state index >= 15 is 0 Å². The number of Topliss-reactive ketones (excluding diaryl/α,β-unsaturated/α-hetero) is 1. The van der Waals surface area contributed by atoms with Gasteiger partial charge in [-0.25, -0.2) is 4.98 Å². The standard InChI is InChI=1S/C18H14ClNO3/c1-12(21)15-7-2-3-8-16(15)22-11-18-20-10-17(23-18)13-5-4-6-14(19)9-13/h2-10H,11H2,1H3. The summed E-state index contributed by atoms with van der Waals surface area (Å²) in [6.07, 6.45) is 1.63. The molecule has 0 amide bonds. The highest BCUT2D eigenvalue weighted by atomic mass is 35.5. The van der Waals surface area contributed by atoms with Crippen LogP contribution < -0.4 is 4.74 Å². The van der Waals surface area contributed by atoms with E-state index in [1.165, 1.54) is 6.92 Å². The summed E-state index contributed by atoms with van der Waals surface area (Å²) in [4.78, 5) is 15.8. The molecule has 0 aliphatic heterocycles. The van der Waals surface area contributed by atoms with E-state index in [0.717, 1.165) is 5.56 Å². The number of rotatable bonds is 5. The molecular formula is C18H14ClNO3. The molecule has 0 saturated heterocycles. The first-order valence-electron chi connectivity index (χ1n) is 7.07. The summed E-state index contributed by atoms with van der Waals surface area (Å²) < 4.78 is 11.3. The number of hydrogen-bond donors (Lipinski definition) is 0. The maximum Gasteiger partial charge on any atom is 0.232 e. The van der Waals surface area contributed by atoms with E-state index in [0.29, 0.717) is 28.0 Å². The minimum Gasteiger partial charge on any atom is -0.483 e. The third-order valence-corrected chi connectivity index (χ3v) is 3.52. The normalized spacial score (nSPS) is 10.5. The predicted molar refractivity (Wildman–Crippen MR) is 87.7 cm³/mol. The molecule has 0 bridgehead atoms. The van der Waals surface area contributed by atoms with Gasteiger partial charge in [-0.15, -0.1) is 0 Å². The molecule has 2 aromatic carbocycles. The first-order chi connectivity index (χ1) is 11.1. The Labute approximate surface area is 138 Å². The van der Waals surface area contributed by atoms with E-state index in [1.807, 2.05) is 18.2 Å². The highest BCUT2D eigenvalue weighted by Crippen LogP contribution is 2.24. The molecule has 0 saturated carbocycles. The van der Waals surface area contributed by atoms with Crippen LogP contribution in [0.2, 0.25) is 5.02 Å². The molecule has 0 aliphatic rings. The Morgan fingerprint density at radius 1 is 1.22 bits per heavy atom. The molecule has 5 heteroatoms. The van der Waals surface area contributed by atoms with Crippen LogP contribution >= 0.6 is 11.6 Å². The number of halogens is 1. The first-order valence-corrected chi connectivity index (χ1v) is 7.44. The second-order valence-corrected chi connectivity index (χ2v) is 5.41. The van der Waals surface area contributed by atoms with Crippen molar-refractivity contribution in [1.29, 1.82) is 0 Å². The summed E-state index contributed by atoms with van der Waals surface area (Å²) in [5, 5.41) is 0.632. The van der Waals surface area contributed by atoms with E-state index in [2.05, 4.69) is 4.98 Å².